The summed E-state index contributed by atoms with van der Waals surface area (Å²) in [6.45, 7) is 0.172. The van der Waals surface area contributed by atoms with Crippen LogP contribution in [0.5, 0.6) is 0 Å². The molecule has 7 heteroatoms. The van der Waals surface area contributed by atoms with Crippen molar-refractivity contribution < 1.29 is 22.8 Å². The number of hydrogen-bond donors (Lipinski definition) is 1. The maximum absolute atomic E-state index is 13.5. The zero-order valence-electron chi connectivity index (χ0n) is 13.8. The second kappa shape index (κ2) is 8.03. The molecular weight excluding hydrogens is 345 g/mol. The van der Waals surface area contributed by atoms with E-state index in [4.69, 9.17) is 4.84 Å². The van der Waals surface area contributed by atoms with Crippen LogP contribution in [-0.2, 0) is 22.5 Å². The number of benzene rings is 2. The Bertz CT molecular complexity index is 819. The molecule has 2 aromatic rings. The number of hydrogen-bond acceptors (Lipinski definition) is 3. The van der Waals surface area contributed by atoms with Crippen LogP contribution < -0.4 is 5.32 Å². The molecule has 1 N–H and O–H groups in total. The van der Waals surface area contributed by atoms with Gasteiger partial charge < -0.3 is 10.2 Å². The van der Waals surface area contributed by atoms with Gasteiger partial charge in [-0.05, 0) is 29.8 Å². The quantitative estimate of drug-likeness (QED) is 0.858. The lowest BCUT2D eigenvalue weighted by Crippen LogP contribution is -2.33. The highest BCUT2D eigenvalue weighted by Crippen LogP contribution is 2.15. The predicted octanol–water partition coefficient (Wildman–Crippen LogP) is 3.15. The Kier molecular flexibility index (Phi) is 5.55. The summed E-state index contributed by atoms with van der Waals surface area (Å²) in [7, 11) is 0. The molecule has 0 saturated heterocycles. The van der Waals surface area contributed by atoms with Gasteiger partial charge in [-0.1, -0.05) is 23.4 Å². The van der Waals surface area contributed by atoms with E-state index in [0.717, 1.165) is 23.4 Å². The molecule has 0 aliphatic carbocycles. The molecule has 1 aliphatic rings. The molecule has 4 nitrogen and oxygen atoms in total. The van der Waals surface area contributed by atoms with Crippen molar-refractivity contribution in [1.82, 2.24) is 5.32 Å². The molecule has 0 spiro atoms. The van der Waals surface area contributed by atoms with Crippen LogP contribution in [-0.4, -0.2) is 24.3 Å². The zero-order chi connectivity index (χ0) is 18.5. The average molecular weight is 362 g/mol. The van der Waals surface area contributed by atoms with Crippen LogP contribution in [0.15, 0.2) is 47.6 Å². The van der Waals surface area contributed by atoms with Crippen molar-refractivity contribution in [2.75, 3.05) is 6.54 Å². The maximum Gasteiger partial charge on any atom is 0.224 e. The van der Waals surface area contributed by atoms with Gasteiger partial charge in [0.25, 0.3) is 0 Å². The summed E-state index contributed by atoms with van der Waals surface area (Å²) >= 11 is 0. The molecule has 0 saturated carbocycles. The Morgan fingerprint density at radius 3 is 2.62 bits per heavy atom. The summed E-state index contributed by atoms with van der Waals surface area (Å²) in [5, 5.41) is 6.55. The molecule has 0 fully saturated rings. The van der Waals surface area contributed by atoms with E-state index in [-0.39, 0.29) is 30.5 Å². The Morgan fingerprint density at radius 2 is 1.88 bits per heavy atom. The average Bonchev–Trinajstić information content (AvgIpc) is 3.04. The minimum atomic E-state index is -0.752. The van der Waals surface area contributed by atoms with Gasteiger partial charge in [-0.15, -0.1) is 0 Å². The van der Waals surface area contributed by atoms with Crippen molar-refractivity contribution in [3.05, 3.63) is 71.0 Å². The Labute approximate surface area is 148 Å². The van der Waals surface area contributed by atoms with Gasteiger partial charge >= 0.3 is 0 Å². The summed E-state index contributed by atoms with van der Waals surface area (Å²) in [4.78, 5) is 17.2. The van der Waals surface area contributed by atoms with Crippen molar-refractivity contribution in [1.29, 1.82) is 0 Å². The number of nitrogens with one attached hydrogen (secondary N) is 1. The molecule has 1 atom stereocenters. The highest BCUT2D eigenvalue weighted by Gasteiger charge is 2.22. The van der Waals surface area contributed by atoms with Crippen LogP contribution in [0.1, 0.15) is 17.5 Å². The number of halogens is 3. The van der Waals surface area contributed by atoms with Crippen LogP contribution in [0, 0.1) is 17.5 Å². The standard InChI is InChI=1S/C19H17F3N2O2/c20-13-4-1-3-12(7-13)8-14-9-15(26-24-14)11-23-19(25)10-16-17(21)5-2-6-18(16)22/h1-7,15H,8-11H2,(H,23,25)/t15-/m0/s1. The largest absolute Gasteiger partial charge is 0.390 e. The Hall–Kier alpha value is -2.83. The first kappa shape index (κ1) is 18.0. The molecule has 3 rings (SSSR count). The minimum Gasteiger partial charge on any atom is -0.390 e. The SMILES string of the molecule is O=C(Cc1c(F)cccc1F)NC[C@@H]1CC(Cc2cccc(F)c2)=NO1. The third kappa shape index (κ3) is 4.62. The fourth-order valence-electron chi connectivity index (χ4n) is 2.73. The van der Waals surface area contributed by atoms with E-state index in [1.54, 1.807) is 12.1 Å². The lowest BCUT2D eigenvalue weighted by molar-refractivity contribution is -0.121. The smallest absolute Gasteiger partial charge is 0.224 e. The van der Waals surface area contributed by atoms with E-state index in [1.165, 1.54) is 18.2 Å². The summed E-state index contributed by atoms with van der Waals surface area (Å²) in [6.07, 6.45) is 0.211. The van der Waals surface area contributed by atoms with E-state index >= 15 is 0 Å². The molecule has 2 aromatic carbocycles. The van der Waals surface area contributed by atoms with Crippen LogP contribution in [0.4, 0.5) is 13.2 Å². The van der Waals surface area contributed by atoms with Crippen molar-refractivity contribution in [3.63, 3.8) is 0 Å². The van der Waals surface area contributed by atoms with Gasteiger partial charge in [0.15, 0.2) is 0 Å². The van der Waals surface area contributed by atoms with Gasteiger partial charge in [-0.3, -0.25) is 4.79 Å². The highest BCUT2D eigenvalue weighted by atomic mass is 19.1. The van der Waals surface area contributed by atoms with Crippen molar-refractivity contribution in [2.24, 2.45) is 5.16 Å². The van der Waals surface area contributed by atoms with Crippen LogP contribution in [0.25, 0.3) is 0 Å². The number of nitrogens with zero attached hydrogens (tertiary/aromatic N) is 1. The normalized spacial score (nSPS) is 16.1. The topological polar surface area (TPSA) is 50.7 Å². The third-order valence-electron chi connectivity index (χ3n) is 4.02. The molecular formula is C19H17F3N2O2. The molecule has 0 unspecified atom stereocenters. The van der Waals surface area contributed by atoms with Crippen molar-refractivity contribution in [3.8, 4) is 0 Å². The summed E-state index contributed by atoms with van der Waals surface area (Å²) < 4.78 is 40.3. The van der Waals surface area contributed by atoms with Crippen molar-refractivity contribution >= 4 is 11.6 Å². The van der Waals surface area contributed by atoms with E-state index in [2.05, 4.69) is 10.5 Å². The summed E-state index contributed by atoms with van der Waals surface area (Å²) in [6, 6.07) is 9.69. The van der Waals surface area contributed by atoms with Crippen LogP contribution >= 0.6 is 0 Å². The fraction of sp³-hybridized carbons (Fsp3) is 0.263. The van der Waals surface area contributed by atoms with Gasteiger partial charge in [-0.25, -0.2) is 13.2 Å². The lowest BCUT2D eigenvalue weighted by atomic mass is 10.0. The molecule has 26 heavy (non-hydrogen) atoms. The van der Waals surface area contributed by atoms with Gasteiger partial charge in [-0.2, -0.15) is 0 Å². The first-order valence-electron chi connectivity index (χ1n) is 8.17. The predicted molar refractivity (Wildman–Crippen MR) is 90.1 cm³/mol. The highest BCUT2D eigenvalue weighted by molar-refractivity contribution is 5.87. The zero-order valence-corrected chi connectivity index (χ0v) is 13.8. The Balaban J connectivity index is 1.46. The molecule has 1 amide bonds. The molecule has 1 heterocycles. The number of amides is 1. The van der Waals surface area contributed by atoms with E-state index in [1.807, 2.05) is 0 Å². The first-order valence-corrected chi connectivity index (χ1v) is 8.17. The Morgan fingerprint density at radius 1 is 1.15 bits per heavy atom. The van der Waals surface area contributed by atoms with E-state index < -0.39 is 17.5 Å². The van der Waals surface area contributed by atoms with Crippen molar-refractivity contribution in [2.45, 2.75) is 25.4 Å². The minimum absolute atomic E-state index is 0.172. The molecule has 1 aliphatic heterocycles. The third-order valence-corrected chi connectivity index (χ3v) is 4.02. The fourth-order valence-corrected chi connectivity index (χ4v) is 2.73. The van der Waals surface area contributed by atoms with Gasteiger partial charge in [0.05, 0.1) is 18.7 Å². The van der Waals surface area contributed by atoms with Crippen LogP contribution in [0.2, 0.25) is 0 Å². The monoisotopic (exact) mass is 362 g/mol. The number of rotatable bonds is 6. The summed E-state index contributed by atoms with van der Waals surface area (Å²) in [5.41, 5.74) is 1.27. The number of carbonyl (C=O) groups is 1. The van der Waals surface area contributed by atoms with Gasteiger partial charge in [0.2, 0.25) is 5.91 Å². The van der Waals surface area contributed by atoms with Gasteiger partial charge in [0.1, 0.15) is 23.6 Å². The number of oxime groups is 1. The first-order chi connectivity index (χ1) is 12.5. The second-order valence-electron chi connectivity index (χ2n) is 6.08. The lowest BCUT2D eigenvalue weighted by Gasteiger charge is -2.10. The van der Waals surface area contributed by atoms with Crippen LogP contribution in [0.3, 0.4) is 0 Å². The molecule has 0 bridgehead atoms. The molecule has 136 valence electrons. The maximum atomic E-state index is 13.5. The molecule has 0 aromatic heterocycles. The molecule has 0 radical (unpaired) electrons. The number of carbonyl (C=O) groups excluding carboxylic acids is 1. The van der Waals surface area contributed by atoms with E-state index in [9.17, 15) is 18.0 Å². The summed E-state index contributed by atoms with van der Waals surface area (Å²) in [5.74, 6) is -2.32. The second-order valence-corrected chi connectivity index (χ2v) is 6.08. The van der Waals surface area contributed by atoms with Gasteiger partial charge in [0, 0.05) is 18.4 Å². The van der Waals surface area contributed by atoms with E-state index in [0.29, 0.717) is 12.8 Å².